The molecule has 0 bridgehead atoms. The first-order valence-electron chi connectivity index (χ1n) is 12.0. The van der Waals surface area contributed by atoms with Crippen LogP contribution in [0.1, 0.15) is 40.2 Å². The van der Waals surface area contributed by atoms with E-state index >= 15 is 0 Å². The van der Waals surface area contributed by atoms with E-state index in [2.05, 4.69) is 68.8 Å². The Bertz CT molecular complexity index is 1580. The second-order valence-corrected chi connectivity index (χ2v) is 11.6. The highest BCUT2D eigenvalue weighted by Gasteiger charge is 2.42. The van der Waals surface area contributed by atoms with Crippen LogP contribution in [0.25, 0.3) is 5.69 Å². The van der Waals surface area contributed by atoms with Gasteiger partial charge in [0.2, 0.25) is 10.0 Å². The number of aromatic nitrogens is 2. The SMILES string of the molecule is Cc1ccc(-n2cccc2[C@H]2[C@@H](c3ccccn3)NC(=S)N2c2ccc(NS(C)(=O)=O)c(C)c2)cc1C. The van der Waals surface area contributed by atoms with Gasteiger partial charge in [-0.05, 0) is 104 Å². The Hall–Kier alpha value is -3.69. The summed E-state index contributed by atoms with van der Waals surface area (Å²) >= 11 is 5.88. The Kier molecular flexibility index (Phi) is 6.51. The summed E-state index contributed by atoms with van der Waals surface area (Å²) in [6, 6.07) is 21.7. The molecule has 0 spiro atoms. The Morgan fingerprint density at radius 2 is 1.68 bits per heavy atom. The van der Waals surface area contributed by atoms with Crippen molar-refractivity contribution in [1.82, 2.24) is 14.9 Å². The molecule has 2 N–H and O–H groups in total. The Morgan fingerprint density at radius 1 is 0.919 bits per heavy atom. The van der Waals surface area contributed by atoms with Crippen LogP contribution in [-0.2, 0) is 10.0 Å². The molecule has 0 radical (unpaired) electrons. The molecule has 7 nitrogen and oxygen atoms in total. The van der Waals surface area contributed by atoms with Gasteiger partial charge in [-0.3, -0.25) is 9.71 Å². The highest BCUT2D eigenvalue weighted by atomic mass is 32.2. The smallest absolute Gasteiger partial charge is 0.229 e. The maximum atomic E-state index is 11.8. The number of benzene rings is 2. The minimum atomic E-state index is -3.39. The van der Waals surface area contributed by atoms with Crippen molar-refractivity contribution in [3.63, 3.8) is 0 Å². The van der Waals surface area contributed by atoms with E-state index in [1.165, 1.54) is 11.1 Å². The monoisotopic (exact) mass is 531 g/mol. The van der Waals surface area contributed by atoms with Crippen molar-refractivity contribution in [1.29, 1.82) is 0 Å². The average Bonchev–Trinajstić information content (AvgIpc) is 3.46. The summed E-state index contributed by atoms with van der Waals surface area (Å²) in [4.78, 5) is 6.74. The fourth-order valence-electron chi connectivity index (χ4n) is 4.79. The zero-order chi connectivity index (χ0) is 26.3. The number of hydrogen-bond donors (Lipinski definition) is 2. The summed E-state index contributed by atoms with van der Waals surface area (Å²) in [5.74, 6) is 0. The van der Waals surface area contributed by atoms with Crippen LogP contribution in [0.15, 0.2) is 79.1 Å². The lowest BCUT2D eigenvalue weighted by molar-refractivity contribution is 0.549. The number of nitrogens with one attached hydrogen (secondary N) is 2. The van der Waals surface area contributed by atoms with Crippen LogP contribution < -0.4 is 14.9 Å². The Morgan fingerprint density at radius 3 is 2.35 bits per heavy atom. The highest BCUT2D eigenvalue weighted by Crippen LogP contribution is 2.43. The summed E-state index contributed by atoms with van der Waals surface area (Å²) in [6.07, 6.45) is 5.01. The van der Waals surface area contributed by atoms with Crippen LogP contribution in [-0.4, -0.2) is 29.3 Å². The minimum Gasteiger partial charge on any atom is -0.351 e. The van der Waals surface area contributed by atoms with E-state index in [1.54, 1.807) is 12.3 Å². The second kappa shape index (κ2) is 9.64. The molecule has 2 aromatic heterocycles. The van der Waals surface area contributed by atoms with Crippen LogP contribution in [0.2, 0.25) is 0 Å². The van der Waals surface area contributed by atoms with E-state index in [0.29, 0.717) is 10.8 Å². The number of sulfonamides is 1. The Labute approximate surface area is 223 Å². The molecule has 1 aliphatic rings. The maximum Gasteiger partial charge on any atom is 0.229 e. The molecule has 1 aliphatic heterocycles. The van der Waals surface area contributed by atoms with Crippen LogP contribution in [0.4, 0.5) is 11.4 Å². The number of aryl methyl sites for hydroxylation is 3. The van der Waals surface area contributed by atoms with Crippen molar-refractivity contribution in [2.24, 2.45) is 0 Å². The lowest BCUT2D eigenvalue weighted by Gasteiger charge is -2.29. The molecule has 5 rings (SSSR count). The van der Waals surface area contributed by atoms with Crippen LogP contribution >= 0.6 is 12.2 Å². The number of pyridine rings is 1. The van der Waals surface area contributed by atoms with E-state index in [-0.39, 0.29) is 12.1 Å². The quantitative estimate of drug-likeness (QED) is 0.327. The normalized spacial score (nSPS) is 17.6. The third-order valence-electron chi connectivity index (χ3n) is 6.73. The van der Waals surface area contributed by atoms with Gasteiger partial charge < -0.3 is 14.8 Å². The van der Waals surface area contributed by atoms with Gasteiger partial charge in [-0.15, -0.1) is 0 Å². The van der Waals surface area contributed by atoms with Gasteiger partial charge >= 0.3 is 0 Å². The Balaban J connectivity index is 1.64. The predicted molar refractivity (Wildman–Crippen MR) is 153 cm³/mol. The first-order chi connectivity index (χ1) is 17.6. The molecule has 0 amide bonds. The van der Waals surface area contributed by atoms with Crippen molar-refractivity contribution >= 4 is 38.7 Å². The van der Waals surface area contributed by atoms with E-state index in [0.717, 1.165) is 34.6 Å². The average molecular weight is 532 g/mol. The molecule has 2 aromatic carbocycles. The van der Waals surface area contributed by atoms with Gasteiger partial charge in [0.1, 0.15) is 6.04 Å². The standard InChI is InChI=1S/C28H29N5O2S2/c1-18-10-11-21(16-19(18)2)32-15-7-9-25(32)27-26(24-8-5-6-14-29-24)30-28(36)33(27)22-12-13-23(20(3)17-22)31-37(4,34)35/h5-17,26-27,31H,1-4H3,(H,30,36)/t26-,27+/m1/s1. The van der Waals surface area contributed by atoms with E-state index in [1.807, 2.05) is 43.3 Å². The zero-order valence-corrected chi connectivity index (χ0v) is 22.8. The molecule has 9 heteroatoms. The van der Waals surface area contributed by atoms with Crippen molar-refractivity contribution in [2.75, 3.05) is 15.9 Å². The molecular formula is C28H29N5O2S2. The van der Waals surface area contributed by atoms with Gasteiger partial charge in [0.25, 0.3) is 0 Å². The topological polar surface area (TPSA) is 79.3 Å². The summed E-state index contributed by atoms with van der Waals surface area (Å²) in [7, 11) is -3.39. The van der Waals surface area contributed by atoms with Gasteiger partial charge in [0.15, 0.2) is 5.11 Å². The molecule has 1 saturated heterocycles. The second-order valence-electron chi connectivity index (χ2n) is 9.44. The van der Waals surface area contributed by atoms with Crippen LogP contribution in [0, 0.1) is 20.8 Å². The molecule has 0 unspecified atom stereocenters. The first kappa shape index (κ1) is 25.0. The van der Waals surface area contributed by atoms with Crippen LogP contribution in [0.5, 0.6) is 0 Å². The van der Waals surface area contributed by atoms with Gasteiger partial charge in [0.05, 0.1) is 23.7 Å². The summed E-state index contributed by atoms with van der Waals surface area (Å²) < 4.78 is 28.4. The van der Waals surface area contributed by atoms with Gasteiger partial charge in [0, 0.05) is 29.5 Å². The van der Waals surface area contributed by atoms with E-state index in [9.17, 15) is 8.42 Å². The van der Waals surface area contributed by atoms with Gasteiger partial charge in [-0.25, -0.2) is 8.42 Å². The van der Waals surface area contributed by atoms with Gasteiger partial charge in [-0.2, -0.15) is 0 Å². The molecule has 4 aromatic rings. The van der Waals surface area contributed by atoms with Crippen molar-refractivity contribution in [2.45, 2.75) is 32.9 Å². The van der Waals surface area contributed by atoms with Crippen molar-refractivity contribution in [3.8, 4) is 5.69 Å². The van der Waals surface area contributed by atoms with Crippen LogP contribution in [0.3, 0.4) is 0 Å². The minimum absolute atomic E-state index is 0.192. The number of rotatable bonds is 6. The maximum absolute atomic E-state index is 11.8. The molecule has 0 saturated carbocycles. The lowest BCUT2D eigenvalue weighted by Crippen LogP contribution is -2.30. The molecule has 3 heterocycles. The molecule has 0 aliphatic carbocycles. The van der Waals surface area contributed by atoms with Crippen molar-refractivity contribution < 1.29 is 8.42 Å². The summed E-state index contributed by atoms with van der Waals surface area (Å²) in [5, 5.41) is 4.08. The molecular weight excluding hydrogens is 502 g/mol. The number of nitrogens with zero attached hydrogens (tertiary/aromatic N) is 3. The third kappa shape index (κ3) is 4.97. The fourth-order valence-corrected chi connectivity index (χ4v) is 5.77. The van der Waals surface area contributed by atoms with Gasteiger partial charge in [-0.1, -0.05) is 12.1 Å². The first-order valence-corrected chi connectivity index (χ1v) is 14.3. The number of hydrogen-bond acceptors (Lipinski definition) is 4. The third-order valence-corrected chi connectivity index (χ3v) is 7.64. The molecule has 37 heavy (non-hydrogen) atoms. The zero-order valence-electron chi connectivity index (χ0n) is 21.1. The van der Waals surface area contributed by atoms with E-state index in [4.69, 9.17) is 12.2 Å². The predicted octanol–water partition coefficient (Wildman–Crippen LogP) is 5.35. The fraction of sp³-hybridized carbons (Fsp3) is 0.214. The lowest BCUT2D eigenvalue weighted by atomic mass is 10.00. The number of thiocarbonyl (C=S) groups is 1. The highest BCUT2D eigenvalue weighted by molar-refractivity contribution is 7.92. The largest absolute Gasteiger partial charge is 0.351 e. The van der Waals surface area contributed by atoms with E-state index < -0.39 is 10.0 Å². The number of anilines is 2. The molecule has 1 fully saturated rings. The summed E-state index contributed by atoms with van der Waals surface area (Å²) in [5.41, 5.74) is 7.69. The summed E-state index contributed by atoms with van der Waals surface area (Å²) in [6.45, 7) is 6.11. The molecule has 2 atom stereocenters. The molecule has 190 valence electrons. The van der Waals surface area contributed by atoms with Crippen molar-refractivity contribution in [3.05, 3.63) is 107 Å².